The third-order valence-electron chi connectivity index (χ3n) is 4.75. The summed E-state index contributed by atoms with van der Waals surface area (Å²) in [4.78, 5) is 14.5. The number of hydrogen-bond donors (Lipinski definition) is 2. The fourth-order valence-corrected chi connectivity index (χ4v) is 3.39. The van der Waals surface area contributed by atoms with Gasteiger partial charge in [-0.25, -0.2) is 4.79 Å². The van der Waals surface area contributed by atoms with Crippen LogP contribution in [0.1, 0.15) is 30.3 Å². The highest BCUT2D eigenvalue weighted by Crippen LogP contribution is 2.31. The molecule has 2 aromatic carbocycles. The first-order chi connectivity index (χ1) is 12.7. The molecule has 0 aliphatic carbocycles. The monoisotopic (exact) mass is 348 g/mol. The van der Waals surface area contributed by atoms with E-state index in [9.17, 15) is 4.79 Å². The van der Waals surface area contributed by atoms with Gasteiger partial charge in [-0.3, -0.25) is 0 Å². The molecule has 7 nitrogen and oxygen atoms in total. The van der Waals surface area contributed by atoms with E-state index < -0.39 is 0 Å². The summed E-state index contributed by atoms with van der Waals surface area (Å²) in [7, 11) is 0. The Kier molecular flexibility index (Phi) is 4.35. The van der Waals surface area contributed by atoms with Gasteiger partial charge < -0.3 is 10.2 Å². The van der Waals surface area contributed by atoms with Gasteiger partial charge in [-0.05, 0) is 48.6 Å². The van der Waals surface area contributed by atoms with Crippen molar-refractivity contribution in [3.8, 4) is 11.1 Å². The normalized spacial score (nSPS) is 16.7. The molecule has 1 saturated heterocycles. The molecule has 1 aromatic heterocycles. The summed E-state index contributed by atoms with van der Waals surface area (Å²) in [6, 6.07) is 16.0. The number of H-pyrrole nitrogens is 1. The van der Waals surface area contributed by atoms with Gasteiger partial charge in [-0.1, -0.05) is 41.6 Å². The predicted molar refractivity (Wildman–Crippen MR) is 98.5 cm³/mol. The maximum absolute atomic E-state index is 12.8. The summed E-state index contributed by atoms with van der Waals surface area (Å²) in [5.41, 5.74) is 4.13. The molecule has 2 heterocycles. The molecule has 132 valence electrons. The molecule has 7 heteroatoms. The van der Waals surface area contributed by atoms with Crippen LogP contribution in [0, 0.1) is 6.92 Å². The standard InChI is InChI=1S/C19H20N6O/c1-13-12-15(14-6-3-2-4-7-14)9-10-16(13)20-19(26)25-11-5-8-17(25)18-21-23-24-22-18/h2-4,6-7,9-10,12,17H,5,8,11H2,1H3,(H,20,26)(H,21,22,23,24). The second-order valence-corrected chi connectivity index (χ2v) is 6.45. The molecule has 1 fully saturated rings. The van der Waals surface area contributed by atoms with Crippen molar-refractivity contribution < 1.29 is 4.79 Å². The van der Waals surface area contributed by atoms with E-state index in [-0.39, 0.29) is 12.1 Å². The zero-order chi connectivity index (χ0) is 17.9. The predicted octanol–water partition coefficient (Wildman–Crippen LogP) is 3.54. The van der Waals surface area contributed by atoms with E-state index in [1.165, 1.54) is 0 Å². The minimum absolute atomic E-state index is 0.127. The number of aromatic amines is 1. The van der Waals surface area contributed by atoms with Crippen molar-refractivity contribution in [3.05, 3.63) is 59.9 Å². The number of carbonyl (C=O) groups is 1. The molecular formula is C19H20N6O. The number of amides is 2. The molecule has 1 unspecified atom stereocenters. The fourth-order valence-electron chi connectivity index (χ4n) is 3.39. The lowest BCUT2D eigenvalue weighted by Crippen LogP contribution is -2.35. The van der Waals surface area contributed by atoms with Gasteiger partial charge in [-0.2, -0.15) is 5.21 Å². The van der Waals surface area contributed by atoms with Crippen LogP contribution in [0.4, 0.5) is 10.5 Å². The fraction of sp³-hybridized carbons (Fsp3) is 0.263. The second-order valence-electron chi connectivity index (χ2n) is 6.45. The molecule has 1 atom stereocenters. The first kappa shape index (κ1) is 16.3. The van der Waals surface area contributed by atoms with E-state index in [0.717, 1.165) is 35.2 Å². The molecule has 4 rings (SSSR count). The lowest BCUT2D eigenvalue weighted by Gasteiger charge is -2.23. The number of likely N-dealkylation sites (tertiary alicyclic amines) is 1. The molecule has 26 heavy (non-hydrogen) atoms. The summed E-state index contributed by atoms with van der Waals surface area (Å²) in [6.07, 6.45) is 1.78. The van der Waals surface area contributed by atoms with Gasteiger partial charge in [0.05, 0.1) is 6.04 Å². The molecule has 3 aromatic rings. The van der Waals surface area contributed by atoms with Gasteiger partial charge in [0.2, 0.25) is 0 Å². The highest BCUT2D eigenvalue weighted by Gasteiger charge is 2.33. The molecular weight excluding hydrogens is 328 g/mol. The minimum atomic E-state index is -0.132. The maximum Gasteiger partial charge on any atom is 0.322 e. The van der Waals surface area contributed by atoms with E-state index in [4.69, 9.17) is 0 Å². The number of tetrazole rings is 1. The van der Waals surface area contributed by atoms with Crippen LogP contribution in [0.5, 0.6) is 0 Å². The second kappa shape index (κ2) is 6.95. The van der Waals surface area contributed by atoms with Gasteiger partial charge in [0.15, 0.2) is 5.82 Å². The van der Waals surface area contributed by atoms with Gasteiger partial charge >= 0.3 is 6.03 Å². The smallest absolute Gasteiger partial charge is 0.314 e. The Hall–Kier alpha value is -3.22. The lowest BCUT2D eigenvalue weighted by atomic mass is 10.0. The number of aryl methyl sites for hydroxylation is 1. The molecule has 2 amide bonds. The molecule has 1 aliphatic rings. The third-order valence-corrected chi connectivity index (χ3v) is 4.75. The van der Waals surface area contributed by atoms with Crippen molar-refractivity contribution in [2.45, 2.75) is 25.8 Å². The molecule has 1 aliphatic heterocycles. The number of rotatable bonds is 3. The van der Waals surface area contributed by atoms with E-state index in [1.807, 2.05) is 37.3 Å². The topological polar surface area (TPSA) is 86.8 Å². The minimum Gasteiger partial charge on any atom is -0.314 e. The van der Waals surface area contributed by atoms with E-state index in [0.29, 0.717) is 12.4 Å². The van der Waals surface area contributed by atoms with Crippen molar-refractivity contribution >= 4 is 11.7 Å². The number of urea groups is 1. The van der Waals surface area contributed by atoms with E-state index >= 15 is 0 Å². The molecule has 0 radical (unpaired) electrons. The summed E-state index contributed by atoms with van der Waals surface area (Å²) < 4.78 is 0. The Morgan fingerprint density at radius 1 is 1.19 bits per heavy atom. The number of anilines is 1. The lowest BCUT2D eigenvalue weighted by molar-refractivity contribution is 0.205. The van der Waals surface area contributed by atoms with Crippen LogP contribution in [0.15, 0.2) is 48.5 Å². The highest BCUT2D eigenvalue weighted by molar-refractivity contribution is 5.91. The maximum atomic E-state index is 12.8. The Bertz CT molecular complexity index is 894. The van der Waals surface area contributed by atoms with Gasteiger partial charge in [-0.15, -0.1) is 10.2 Å². The summed E-state index contributed by atoms with van der Waals surface area (Å²) in [6.45, 7) is 2.69. The van der Waals surface area contributed by atoms with Gasteiger partial charge in [0.1, 0.15) is 0 Å². The molecule has 0 bridgehead atoms. The van der Waals surface area contributed by atoms with Crippen LogP contribution in [0.3, 0.4) is 0 Å². The zero-order valence-corrected chi connectivity index (χ0v) is 14.5. The number of nitrogens with one attached hydrogen (secondary N) is 2. The average Bonchev–Trinajstić information content (AvgIpc) is 3.35. The Morgan fingerprint density at radius 2 is 2.04 bits per heavy atom. The number of hydrogen-bond acceptors (Lipinski definition) is 4. The zero-order valence-electron chi connectivity index (χ0n) is 14.5. The van der Waals surface area contributed by atoms with Crippen LogP contribution in [0.25, 0.3) is 11.1 Å². The van der Waals surface area contributed by atoms with Crippen LogP contribution in [0.2, 0.25) is 0 Å². The van der Waals surface area contributed by atoms with Crippen LogP contribution >= 0.6 is 0 Å². The SMILES string of the molecule is Cc1cc(-c2ccccc2)ccc1NC(=O)N1CCCC1c1nn[nH]n1. The summed E-state index contributed by atoms with van der Waals surface area (Å²) in [5, 5.41) is 17.1. The highest BCUT2D eigenvalue weighted by atomic mass is 16.2. The first-order valence-corrected chi connectivity index (χ1v) is 8.69. The Balaban J connectivity index is 1.51. The summed E-state index contributed by atoms with van der Waals surface area (Å²) >= 11 is 0. The van der Waals surface area contributed by atoms with E-state index in [2.05, 4.69) is 44.1 Å². The van der Waals surface area contributed by atoms with Crippen LogP contribution in [-0.2, 0) is 0 Å². The number of aromatic nitrogens is 4. The first-order valence-electron chi connectivity index (χ1n) is 8.69. The van der Waals surface area contributed by atoms with Crippen molar-refractivity contribution in [1.82, 2.24) is 25.5 Å². The van der Waals surface area contributed by atoms with Gasteiger partial charge in [0.25, 0.3) is 0 Å². The Labute approximate surface area is 151 Å². The van der Waals surface area contributed by atoms with Crippen molar-refractivity contribution in [2.75, 3.05) is 11.9 Å². The van der Waals surface area contributed by atoms with Crippen molar-refractivity contribution in [3.63, 3.8) is 0 Å². The van der Waals surface area contributed by atoms with Gasteiger partial charge in [0, 0.05) is 12.2 Å². The van der Waals surface area contributed by atoms with Crippen molar-refractivity contribution in [2.24, 2.45) is 0 Å². The average molecular weight is 348 g/mol. The van der Waals surface area contributed by atoms with Crippen molar-refractivity contribution in [1.29, 1.82) is 0 Å². The Morgan fingerprint density at radius 3 is 2.77 bits per heavy atom. The third kappa shape index (κ3) is 3.15. The number of nitrogens with zero attached hydrogens (tertiary/aromatic N) is 4. The number of benzene rings is 2. The van der Waals surface area contributed by atoms with Crippen LogP contribution < -0.4 is 5.32 Å². The largest absolute Gasteiger partial charge is 0.322 e. The van der Waals surface area contributed by atoms with Crippen LogP contribution in [-0.4, -0.2) is 38.1 Å². The molecule has 2 N–H and O–H groups in total. The summed E-state index contributed by atoms with van der Waals surface area (Å²) in [5.74, 6) is 0.564. The van der Waals surface area contributed by atoms with E-state index in [1.54, 1.807) is 4.90 Å². The molecule has 0 saturated carbocycles. The number of carbonyl (C=O) groups excluding carboxylic acids is 1. The molecule has 0 spiro atoms. The quantitative estimate of drug-likeness (QED) is 0.758.